The van der Waals surface area contributed by atoms with Gasteiger partial charge in [-0.1, -0.05) is 0 Å². The number of hydrogen-bond donors (Lipinski definition) is 8. The van der Waals surface area contributed by atoms with Crippen LogP contribution in [0.25, 0.3) is 0 Å². The lowest BCUT2D eigenvalue weighted by Crippen LogP contribution is -2.03. The highest BCUT2D eigenvalue weighted by Crippen LogP contribution is 2.44. The molecule has 8 nitrogen and oxygen atoms in total. The lowest BCUT2D eigenvalue weighted by molar-refractivity contribution is 0.429. The molecule has 0 amide bonds. The van der Waals surface area contributed by atoms with Crippen LogP contribution in [0.5, 0.6) is 46.0 Å². The molecule has 208 valence electrons. The Morgan fingerprint density at radius 3 is 0.550 bits per heavy atom. The first-order valence-corrected chi connectivity index (χ1v) is 12.9. The number of phenolic OH excluding ortho intramolecular Hbond substituents is 8. The van der Waals surface area contributed by atoms with Crippen LogP contribution in [0.4, 0.5) is 0 Å². The lowest BCUT2D eigenvalue weighted by atomic mass is 9.88. The van der Waals surface area contributed by atoms with Crippen LogP contribution in [0, 0.1) is 27.7 Å². The molecule has 1 aliphatic rings. The highest BCUT2D eigenvalue weighted by atomic mass is 16.3. The summed E-state index contributed by atoms with van der Waals surface area (Å²) in [5, 5.41) is 87.2. The first-order valence-electron chi connectivity index (χ1n) is 12.9. The summed E-state index contributed by atoms with van der Waals surface area (Å²) in [6.45, 7) is 6.27. The summed E-state index contributed by atoms with van der Waals surface area (Å²) in [5.41, 5.74) is 4.31. The molecule has 0 radical (unpaired) electrons. The van der Waals surface area contributed by atoms with E-state index in [0.717, 1.165) is 0 Å². The second-order valence-electron chi connectivity index (χ2n) is 10.8. The van der Waals surface area contributed by atoms with E-state index in [1.165, 1.54) is 0 Å². The minimum atomic E-state index is -0.141. The minimum Gasteiger partial charge on any atom is -0.507 e. The largest absolute Gasteiger partial charge is 0.507 e. The standard InChI is InChI=1S/C32H32O8/c1-13-25(33)17-5-18(26(13)34)10-20-7-22(30(38)15(3)28(20)36)12-24-8-23(31(39)16(4)32(24)40)11-21-6-19(9-17)27(35)14(2)29(21)37/h5-8,33-40H,9-12H2,1-4H3. The van der Waals surface area contributed by atoms with Gasteiger partial charge in [-0.2, -0.15) is 0 Å². The van der Waals surface area contributed by atoms with E-state index in [1.807, 2.05) is 0 Å². The Morgan fingerprint density at radius 1 is 0.300 bits per heavy atom. The van der Waals surface area contributed by atoms with Crippen LogP contribution in [0.2, 0.25) is 0 Å². The van der Waals surface area contributed by atoms with Gasteiger partial charge in [-0.15, -0.1) is 0 Å². The number of benzene rings is 4. The van der Waals surface area contributed by atoms with Gasteiger partial charge < -0.3 is 40.9 Å². The molecule has 4 aromatic carbocycles. The van der Waals surface area contributed by atoms with Crippen molar-refractivity contribution in [3.63, 3.8) is 0 Å². The molecule has 0 saturated heterocycles. The molecule has 0 aromatic heterocycles. The fourth-order valence-electron chi connectivity index (χ4n) is 5.66. The van der Waals surface area contributed by atoms with Crippen LogP contribution >= 0.6 is 0 Å². The Labute approximate surface area is 231 Å². The Kier molecular flexibility index (Phi) is 6.37. The van der Waals surface area contributed by atoms with Gasteiger partial charge >= 0.3 is 0 Å². The molecule has 1 aliphatic carbocycles. The van der Waals surface area contributed by atoms with Crippen molar-refractivity contribution in [2.24, 2.45) is 0 Å². The third-order valence-corrected chi connectivity index (χ3v) is 8.19. The van der Waals surface area contributed by atoms with Gasteiger partial charge in [0.1, 0.15) is 46.0 Å². The van der Waals surface area contributed by atoms with Crippen molar-refractivity contribution in [3.05, 3.63) is 91.0 Å². The van der Waals surface area contributed by atoms with Crippen molar-refractivity contribution in [3.8, 4) is 46.0 Å². The van der Waals surface area contributed by atoms with E-state index in [-0.39, 0.29) is 93.9 Å². The van der Waals surface area contributed by atoms with Crippen molar-refractivity contribution >= 4 is 0 Å². The number of rotatable bonds is 0. The van der Waals surface area contributed by atoms with Crippen LogP contribution < -0.4 is 0 Å². The zero-order valence-electron chi connectivity index (χ0n) is 22.7. The van der Waals surface area contributed by atoms with Crippen LogP contribution in [0.15, 0.2) is 24.3 Å². The maximum atomic E-state index is 10.9. The van der Waals surface area contributed by atoms with Gasteiger partial charge in [-0.25, -0.2) is 0 Å². The number of phenols is 8. The molecule has 4 aromatic rings. The second kappa shape index (κ2) is 9.48. The van der Waals surface area contributed by atoms with Gasteiger partial charge in [0, 0.05) is 47.9 Å². The molecular weight excluding hydrogens is 512 g/mol. The number of fused-ring (bicyclic) bond motifs is 8. The maximum Gasteiger partial charge on any atom is 0.125 e. The molecule has 0 heterocycles. The highest BCUT2D eigenvalue weighted by Gasteiger charge is 2.24. The molecule has 5 rings (SSSR count). The average Bonchev–Trinajstić information content (AvgIpc) is 2.93. The van der Waals surface area contributed by atoms with Crippen molar-refractivity contribution in [2.45, 2.75) is 53.4 Å². The fraction of sp³-hybridized carbons (Fsp3) is 0.250. The SMILES string of the molecule is Cc1c(O)c2cc(c1O)Cc1cc(c(O)c(C)c1O)Cc1cc(c(O)c(C)c1O)Cc1cc(c(O)c(C)c1O)C2. The molecule has 40 heavy (non-hydrogen) atoms. The summed E-state index contributed by atoms with van der Waals surface area (Å²) in [6.07, 6.45) is 0.268. The Balaban J connectivity index is 1.84. The summed E-state index contributed by atoms with van der Waals surface area (Å²) < 4.78 is 0. The van der Waals surface area contributed by atoms with Gasteiger partial charge in [0.25, 0.3) is 0 Å². The van der Waals surface area contributed by atoms with E-state index in [0.29, 0.717) is 44.5 Å². The van der Waals surface area contributed by atoms with E-state index in [1.54, 1.807) is 52.0 Å². The molecule has 0 spiro atoms. The summed E-state index contributed by atoms with van der Waals surface area (Å²) in [4.78, 5) is 0. The molecule has 8 heteroatoms. The summed E-state index contributed by atoms with van der Waals surface area (Å²) in [7, 11) is 0. The summed E-state index contributed by atoms with van der Waals surface area (Å²) in [6, 6.07) is 6.43. The van der Waals surface area contributed by atoms with E-state index >= 15 is 0 Å². The van der Waals surface area contributed by atoms with Crippen molar-refractivity contribution in [1.82, 2.24) is 0 Å². The molecule has 0 aliphatic heterocycles. The summed E-state index contributed by atoms with van der Waals surface area (Å²) in [5.74, 6) is -1.13. The third-order valence-electron chi connectivity index (χ3n) is 8.19. The molecular formula is C32H32O8. The van der Waals surface area contributed by atoms with Gasteiger partial charge in [-0.05, 0) is 96.5 Å². The van der Waals surface area contributed by atoms with Gasteiger partial charge in [0.15, 0.2) is 0 Å². The van der Waals surface area contributed by atoms with Crippen LogP contribution in [0.3, 0.4) is 0 Å². The molecule has 0 saturated carbocycles. The first-order chi connectivity index (χ1) is 18.8. The van der Waals surface area contributed by atoms with Crippen LogP contribution in [-0.2, 0) is 25.7 Å². The zero-order valence-corrected chi connectivity index (χ0v) is 22.7. The molecule has 0 fully saturated rings. The van der Waals surface area contributed by atoms with E-state index in [2.05, 4.69) is 0 Å². The van der Waals surface area contributed by atoms with E-state index in [4.69, 9.17) is 0 Å². The predicted octanol–water partition coefficient (Wildman–Crippen LogP) is 5.24. The molecule has 8 bridgehead atoms. The van der Waals surface area contributed by atoms with Gasteiger partial charge in [-0.3, -0.25) is 0 Å². The smallest absolute Gasteiger partial charge is 0.125 e. The zero-order chi connectivity index (χ0) is 29.2. The van der Waals surface area contributed by atoms with Crippen molar-refractivity contribution in [1.29, 1.82) is 0 Å². The summed E-state index contributed by atoms with van der Waals surface area (Å²) >= 11 is 0. The highest BCUT2D eigenvalue weighted by molar-refractivity contribution is 5.63. The monoisotopic (exact) mass is 544 g/mol. The number of aromatic hydroxyl groups is 8. The van der Waals surface area contributed by atoms with E-state index < -0.39 is 0 Å². The van der Waals surface area contributed by atoms with Crippen LogP contribution in [-0.4, -0.2) is 40.9 Å². The maximum absolute atomic E-state index is 10.9. The minimum absolute atomic E-state index is 0.0670. The Bertz CT molecular complexity index is 1360. The Morgan fingerprint density at radius 2 is 0.425 bits per heavy atom. The fourth-order valence-corrected chi connectivity index (χ4v) is 5.66. The lowest BCUT2D eigenvalue weighted by Gasteiger charge is -2.20. The normalized spacial score (nSPS) is 12.9. The molecule has 0 unspecified atom stereocenters. The quantitative estimate of drug-likeness (QED) is 0.131. The molecule has 8 N–H and O–H groups in total. The van der Waals surface area contributed by atoms with Crippen LogP contribution in [0.1, 0.15) is 66.8 Å². The third kappa shape index (κ3) is 4.16. The Hall–Kier alpha value is -4.72. The predicted molar refractivity (Wildman–Crippen MR) is 149 cm³/mol. The van der Waals surface area contributed by atoms with E-state index in [9.17, 15) is 40.9 Å². The van der Waals surface area contributed by atoms with Crippen molar-refractivity contribution in [2.75, 3.05) is 0 Å². The average molecular weight is 545 g/mol. The van der Waals surface area contributed by atoms with Gasteiger partial charge in [0.2, 0.25) is 0 Å². The van der Waals surface area contributed by atoms with Crippen molar-refractivity contribution < 1.29 is 40.9 Å². The number of hydrogen-bond acceptors (Lipinski definition) is 8. The second-order valence-corrected chi connectivity index (χ2v) is 10.8. The van der Waals surface area contributed by atoms with Gasteiger partial charge in [0.05, 0.1) is 0 Å². The topological polar surface area (TPSA) is 162 Å². The first kappa shape index (κ1) is 26.9. The molecule has 0 atom stereocenters.